The number of amides is 2. The van der Waals surface area contributed by atoms with Crippen molar-refractivity contribution < 1.29 is 19.1 Å². The third-order valence-electron chi connectivity index (χ3n) is 8.30. The third kappa shape index (κ3) is 11.3. The predicted octanol–water partition coefficient (Wildman–Crippen LogP) is 9.56. The molecule has 42 heavy (non-hydrogen) atoms. The summed E-state index contributed by atoms with van der Waals surface area (Å²) in [5, 5.41) is 3.19. The standard InChI is InChI=1S/C36H54N2O4/c1-6-8-10-13-19-29-20-16-17-23-32(29)42-33(39)37-30-25-35(3,4)27-36(5,26-30)28-38(24-18-11-9-7-2)34(40)41-31-21-14-12-15-22-31/h12,14-17,20-23,30H,6-11,13,18-19,24-28H2,1-5H3,(H,37,39). The quantitative estimate of drug-likeness (QED) is 0.214. The number of ether oxygens (including phenoxy) is 2. The summed E-state index contributed by atoms with van der Waals surface area (Å²) >= 11 is 0. The van der Waals surface area contributed by atoms with Gasteiger partial charge in [-0.3, -0.25) is 0 Å². The molecule has 2 unspecified atom stereocenters. The fourth-order valence-electron chi connectivity index (χ4n) is 6.78. The summed E-state index contributed by atoms with van der Waals surface area (Å²) in [5.74, 6) is 1.20. The fraction of sp³-hybridized carbons (Fsp3) is 0.611. The fourth-order valence-corrected chi connectivity index (χ4v) is 6.78. The van der Waals surface area contributed by atoms with Gasteiger partial charge in [0.05, 0.1) is 0 Å². The Kier molecular flexibility index (Phi) is 13.2. The molecule has 0 heterocycles. The lowest BCUT2D eigenvalue weighted by Gasteiger charge is -2.48. The second-order valence-corrected chi connectivity index (χ2v) is 13.4. The molecule has 6 nitrogen and oxygen atoms in total. The molecule has 2 amide bonds. The zero-order valence-corrected chi connectivity index (χ0v) is 26.8. The Labute approximate surface area is 254 Å². The van der Waals surface area contributed by atoms with Crippen LogP contribution in [-0.2, 0) is 6.42 Å². The maximum Gasteiger partial charge on any atom is 0.415 e. The maximum absolute atomic E-state index is 13.4. The van der Waals surface area contributed by atoms with Crippen molar-refractivity contribution >= 4 is 12.2 Å². The van der Waals surface area contributed by atoms with Crippen LogP contribution >= 0.6 is 0 Å². The number of carbonyl (C=O) groups is 2. The van der Waals surface area contributed by atoms with Gasteiger partial charge in [0, 0.05) is 19.1 Å². The van der Waals surface area contributed by atoms with Crippen LogP contribution in [0, 0.1) is 10.8 Å². The molecule has 1 fully saturated rings. The molecule has 1 aliphatic rings. The Bertz CT molecular complexity index is 1100. The topological polar surface area (TPSA) is 67.9 Å². The molecule has 0 aromatic heterocycles. The first-order valence-corrected chi connectivity index (χ1v) is 16.2. The largest absolute Gasteiger partial charge is 0.415 e. The molecule has 3 rings (SSSR count). The maximum atomic E-state index is 13.4. The molecular weight excluding hydrogens is 524 g/mol. The summed E-state index contributed by atoms with van der Waals surface area (Å²) in [7, 11) is 0. The number of aryl methyl sites for hydroxylation is 1. The highest BCUT2D eigenvalue weighted by molar-refractivity contribution is 5.71. The summed E-state index contributed by atoms with van der Waals surface area (Å²) in [6.45, 7) is 12.4. The monoisotopic (exact) mass is 578 g/mol. The number of para-hydroxylation sites is 2. The van der Waals surface area contributed by atoms with E-state index in [0.717, 1.165) is 63.4 Å². The van der Waals surface area contributed by atoms with Crippen molar-refractivity contribution in [1.29, 1.82) is 0 Å². The van der Waals surface area contributed by atoms with E-state index in [1.807, 2.05) is 53.4 Å². The van der Waals surface area contributed by atoms with Gasteiger partial charge in [-0.1, -0.05) is 110 Å². The molecule has 1 saturated carbocycles. The summed E-state index contributed by atoms with van der Waals surface area (Å²) in [6, 6.07) is 17.1. The van der Waals surface area contributed by atoms with Gasteiger partial charge >= 0.3 is 12.2 Å². The molecule has 0 aliphatic heterocycles. The van der Waals surface area contributed by atoms with Crippen molar-refractivity contribution in [3.63, 3.8) is 0 Å². The number of nitrogens with zero attached hydrogens (tertiary/aromatic N) is 1. The molecular formula is C36H54N2O4. The van der Waals surface area contributed by atoms with Crippen LogP contribution in [0.5, 0.6) is 11.5 Å². The highest BCUT2D eigenvalue weighted by atomic mass is 16.6. The van der Waals surface area contributed by atoms with Gasteiger partial charge in [0.25, 0.3) is 0 Å². The van der Waals surface area contributed by atoms with Crippen molar-refractivity contribution in [2.24, 2.45) is 10.8 Å². The van der Waals surface area contributed by atoms with E-state index in [4.69, 9.17) is 9.47 Å². The Balaban J connectivity index is 1.67. The summed E-state index contributed by atoms with van der Waals surface area (Å²) in [5.41, 5.74) is 0.893. The van der Waals surface area contributed by atoms with Crippen molar-refractivity contribution in [3.05, 3.63) is 60.2 Å². The number of nitrogens with one attached hydrogen (secondary N) is 1. The van der Waals surface area contributed by atoms with E-state index < -0.39 is 6.09 Å². The summed E-state index contributed by atoms with van der Waals surface area (Å²) in [4.78, 5) is 28.4. The lowest BCUT2D eigenvalue weighted by molar-refractivity contribution is 0.0393. The van der Waals surface area contributed by atoms with E-state index in [-0.39, 0.29) is 23.0 Å². The van der Waals surface area contributed by atoms with Crippen molar-refractivity contribution in [2.75, 3.05) is 13.1 Å². The van der Waals surface area contributed by atoms with E-state index >= 15 is 0 Å². The van der Waals surface area contributed by atoms with Gasteiger partial charge in [0.15, 0.2) is 0 Å². The minimum absolute atomic E-state index is 0.000648. The number of rotatable bonds is 15. The number of benzene rings is 2. The molecule has 0 radical (unpaired) electrons. The highest BCUT2D eigenvalue weighted by Gasteiger charge is 2.43. The average Bonchev–Trinajstić information content (AvgIpc) is 2.93. The lowest BCUT2D eigenvalue weighted by atomic mass is 9.62. The zero-order valence-electron chi connectivity index (χ0n) is 26.8. The first kappa shape index (κ1) is 33.5. The second kappa shape index (κ2) is 16.6. The Morgan fingerprint density at radius 2 is 1.50 bits per heavy atom. The van der Waals surface area contributed by atoms with E-state index in [9.17, 15) is 9.59 Å². The van der Waals surface area contributed by atoms with Gasteiger partial charge in [0.1, 0.15) is 11.5 Å². The number of carbonyl (C=O) groups excluding carboxylic acids is 2. The van der Waals surface area contributed by atoms with E-state index in [1.165, 1.54) is 19.3 Å². The Morgan fingerprint density at radius 1 is 0.833 bits per heavy atom. The predicted molar refractivity (Wildman–Crippen MR) is 171 cm³/mol. The molecule has 1 N–H and O–H groups in total. The van der Waals surface area contributed by atoms with Crippen molar-refractivity contribution in [1.82, 2.24) is 10.2 Å². The van der Waals surface area contributed by atoms with Crippen LogP contribution in [0.3, 0.4) is 0 Å². The molecule has 6 heteroatoms. The summed E-state index contributed by atoms with van der Waals surface area (Å²) < 4.78 is 11.6. The minimum Gasteiger partial charge on any atom is -0.410 e. The van der Waals surface area contributed by atoms with Crippen LogP contribution in [-0.4, -0.2) is 36.2 Å². The van der Waals surface area contributed by atoms with Gasteiger partial charge in [0.2, 0.25) is 0 Å². The minimum atomic E-state index is -0.402. The van der Waals surface area contributed by atoms with Crippen molar-refractivity contribution in [2.45, 2.75) is 118 Å². The molecule has 0 bridgehead atoms. The molecule has 232 valence electrons. The van der Waals surface area contributed by atoms with Crippen LogP contribution in [0.15, 0.2) is 54.6 Å². The first-order chi connectivity index (χ1) is 20.1. The van der Waals surface area contributed by atoms with Gasteiger partial charge in [-0.2, -0.15) is 0 Å². The van der Waals surface area contributed by atoms with Gasteiger partial charge in [-0.05, 0) is 73.1 Å². The van der Waals surface area contributed by atoms with Crippen LogP contribution in [0.25, 0.3) is 0 Å². The van der Waals surface area contributed by atoms with Crippen LogP contribution in [0.1, 0.15) is 111 Å². The number of unbranched alkanes of at least 4 members (excludes halogenated alkanes) is 6. The van der Waals surface area contributed by atoms with Gasteiger partial charge in [-0.25, -0.2) is 9.59 Å². The van der Waals surface area contributed by atoms with E-state index in [1.54, 1.807) is 0 Å². The normalized spacial score (nSPS) is 19.6. The van der Waals surface area contributed by atoms with Crippen LogP contribution in [0.2, 0.25) is 0 Å². The highest BCUT2D eigenvalue weighted by Crippen LogP contribution is 2.46. The SMILES string of the molecule is CCCCCCc1ccccc1OC(=O)NC1CC(C)(C)CC(C)(CN(CCCCCC)C(=O)Oc2ccccc2)C1. The molecule has 2 atom stereocenters. The second-order valence-electron chi connectivity index (χ2n) is 13.4. The molecule has 0 saturated heterocycles. The summed E-state index contributed by atoms with van der Waals surface area (Å²) in [6.07, 6.45) is 11.8. The Morgan fingerprint density at radius 3 is 2.21 bits per heavy atom. The zero-order chi connectivity index (χ0) is 30.4. The molecule has 2 aromatic rings. The van der Waals surface area contributed by atoms with Crippen molar-refractivity contribution in [3.8, 4) is 11.5 Å². The van der Waals surface area contributed by atoms with Gasteiger partial charge in [-0.15, -0.1) is 0 Å². The molecule has 2 aromatic carbocycles. The van der Waals surface area contributed by atoms with Gasteiger partial charge < -0.3 is 19.7 Å². The smallest absolute Gasteiger partial charge is 0.410 e. The third-order valence-corrected chi connectivity index (χ3v) is 8.30. The van der Waals surface area contributed by atoms with Crippen LogP contribution < -0.4 is 14.8 Å². The van der Waals surface area contributed by atoms with E-state index in [0.29, 0.717) is 24.6 Å². The first-order valence-electron chi connectivity index (χ1n) is 16.2. The lowest BCUT2D eigenvalue weighted by Crippen LogP contribution is -2.52. The average molecular weight is 579 g/mol. The molecule has 0 spiro atoms. The number of hydrogen-bond acceptors (Lipinski definition) is 4. The Hall–Kier alpha value is -3.02. The number of hydrogen-bond donors (Lipinski definition) is 1. The molecule has 1 aliphatic carbocycles. The van der Waals surface area contributed by atoms with Crippen LogP contribution in [0.4, 0.5) is 9.59 Å². The van der Waals surface area contributed by atoms with E-state index in [2.05, 4.69) is 46.0 Å².